The van der Waals surface area contributed by atoms with Crippen LogP contribution in [0, 0.1) is 21.4 Å². The minimum atomic E-state index is -0.494. The molecule has 1 N–H and O–H groups in total. The molecule has 8 nitrogen and oxygen atoms in total. The van der Waals surface area contributed by atoms with Crippen LogP contribution in [0.25, 0.3) is 11.1 Å². The standard InChI is InChI=1S/C22H17N3O5/c1-29-19-8-5-16(6-9-19)20-12-18(25(27)28)7-10-21(20)30-14-22(26)24-17-4-2-3-15(11-17)13-23/h2-12H,14H2,1H3,(H,24,26). The van der Waals surface area contributed by atoms with Crippen LogP contribution in [0.4, 0.5) is 11.4 Å². The summed E-state index contributed by atoms with van der Waals surface area (Å²) in [4.78, 5) is 22.9. The van der Waals surface area contributed by atoms with E-state index in [1.807, 2.05) is 6.07 Å². The molecule has 3 aromatic carbocycles. The van der Waals surface area contributed by atoms with E-state index in [4.69, 9.17) is 14.7 Å². The SMILES string of the molecule is COc1ccc(-c2cc([N+](=O)[O-])ccc2OCC(=O)Nc2cccc(C#N)c2)cc1. The van der Waals surface area contributed by atoms with Gasteiger partial charge >= 0.3 is 0 Å². The van der Waals surface area contributed by atoms with Gasteiger partial charge in [-0.2, -0.15) is 5.26 Å². The molecular weight excluding hydrogens is 386 g/mol. The predicted molar refractivity (Wildman–Crippen MR) is 110 cm³/mol. The second kappa shape index (κ2) is 9.21. The lowest BCUT2D eigenvalue weighted by Gasteiger charge is -2.12. The molecule has 0 saturated heterocycles. The third kappa shape index (κ3) is 4.91. The van der Waals surface area contributed by atoms with Crippen LogP contribution in [0.1, 0.15) is 5.56 Å². The predicted octanol–water partition coefficient (Wildman–Crippen LogP) is 4.16. The molecule has 0 heterocycles. The van der Waals surface area contributed by atoms with Crippen molar-refractivity contribution in [2.24, 2.45) is 0 Å². The van der Waals surface area contributed by atoms with Gasteiger partial charge in [-0.3, -0.25) is 14.9 Å². The van der Waals surface area contributed by atoms with Crippen LogP contribution in [0.15, 0.2) is 66.7 Å². The monoisotopic (exact) mass is 403 g/mol. The van der Waals surface area contributed by atoms with E-state index in [1.54, 1.807) is 55.6 Å². The molecule has 150 valence electrons. The molecule has 8 heteroatoms. The summed E-state index contributed by atoms with van der Waals surface area (Å²) in [6.07, 6.45) is 0. The second-order valence-electron chi connectivity index (χ2n) is 6.20. The van der Waals surface area contributed by atoms with Gasteiger partial charge in [0.25, 0.3) is 11.6 Å². The minimum absolute atomic E-state index is 0.0917. The number of rotatable bonds is 7. The largest absolute Gasteiger partial charge is 0.497 e. The first-order valence-electron chi connectivity index (χ1n) is 8.86. The number of nitriles is 1. The van der Waals surface area contributed by atoms with Gasteiger partial charge in [-0.15, -0.1) is 0 Å². The number of anilines is 1. The molecule has 1 amide bonds. The molecular formula is C22H17N3O5. The Kier molecular flexibility index (Phi) is 6.25. The lowest BCUT2D eigenvalue weighted by atomic mass is 10.0. The zero-order valence-corrected chi connectivity index (χ0v) is 16.0. The fraction of sp³-hybridized carbons (Fsp3) is 0.0909. The van der Waals surface area contributed by atoms with E-state index in [0.717, 1.165) is 0 Å². The van der Waals surface area contributed by atoms with Crippen molar-refractivity contribution in [3.05, 3.63) is 82.4 Å². The molecule has 0 saturated carbocycles. The molecule has 0 atom stereocenters. The van der Waals surface area contributed by atoms with E-state index in [1.165, 1.54) is 18.2 Å². The summed E-state index contributed by atoms with van der Waals surface area (Å²) in [5.41, 5.74) is 1.96. The van der Waals surface area contributed by atoms with E-state index in [2.05, 4.69) is 5.32 Å². The van der Waals surface area contributed by atoms with Crippen molar-refractivity contribution < 1.29 is 19.2 Å². The Morgan fingerprint density at radius 1 is 1.13 bits per heavy atom. The summed E-state index contributed by atoms with van der Waals surface area (Å²) in [6, 6.07) is 19.6. The number of amides is 1. The molecule has 0 fully saturated rings. The average molecular weight is 403 g/mol. The van der Waals surface area contributed by atoms with Crippen LogP contribution in [0.3, 0.4) is 0 Å². The Morgan fingerprint density at radius 3 is 2.57 bits per heavy atom. The van der Waals surface area contributed by atoms with Crippen molar-refractivity contribution in [3.8, 4) is 28.7 Å². The summed E-state index contributed by atoms with van der Waals surface area (Å²) in [7, 11) is 1.54. The molecule has 0 unspecified atom stereocenters. The van der Waals surface area contributed by atoms with Crippen molar-refractivity contribution in [3.63, 3.8) is 0 Å². The number of carbonyl (C=O) groups excluding carboxylic acids is 1. The maximum atomic E-state index is 12.2. The van der Waals surface area contributed by atoms with Gasteiger partial charge in [-0.25, -0.2) is 0 Å². The summed E-state index contributed by atoms with van der Waals surface area (Å²) in [5, 5.41) is 22.8. The molecule has 0 aliphatic rings. The van der Waals surface area contributed by atoms with E-state index >= 15 is 0 Å². The number of nitro benzene ring substituents is 1. The van der Waals surface area contributed by atoms with E-state index in [0.29, 0.717) is 33.9 Å². The highest BCUT2D eigenvalue weighted by atomic mass is 16.6. The van der Waals surface area contributed by atoms with Crippen LogP contribution in [-0.4, -0.2) is 24.5 Å². The van der Waals surface area contributed by atoms with Crippen molar-refractivity contribution in [1.82, 2.24) is 0 Å². The first-order chi connectivity index (χ1) is 14.5. The number of methoxy groups -OCH3 is 1. The molecule has 0 aromatic heterocycles. The lowest BCUT2D eigenvalue weighted by Crippen LogP contribution is -2.20. The maximum Gasteiger partial charge on any atom is 0.270 e. The first kappa shape index (κ1) is 20.4. The Hall–Kier alpha value is -4.38. The molecule has 30 heavy (non-hydrogen) atoms. The normalized spacial score (nSPS) is 10.0. The minimum Gasteiger partial charge on any atom is -0.497 e. The van der Waals surface area contributed by atoms with E-state index < -0.39 is 10.8 Å². The zero-order valence-electron chi connectivity index (χ0n) is 16.0. The van der Waals surface area contributed by atoms with Crippen molar-refractivity contribution >= 4 is 17.3 Å². The third-order valence-corrected chi connectivity index (χ3v) is 4.21. The highest BCUT2D eigenvalue weighted by molar-refractivity contribution is 5.92. The number of nitro groups is 1. The van der Waals surface area contributed by atoms with Crippen LogP contribution in [0.2, 0.25) is 0 Å². The summed E-state index contributed by atoms with van der Waals surface area (Å²) >= 11 is 0. The Morgan fingerprint density at radius 2 is 1.90 bits per heavy atom. The molecule has 3 rings (SSSR count). The highest BCUT2D eigenvalue weighted by Crippen LogP contribution is 2.34. The quantitative estimate of drug-likeness (QED) is 0.468. The summed E-state index contributed by atoms with van der Waals surface area (Å²) in [6.45, 7) is -0.308. The fourth-order valence-corrected chi connectivity index (χ4v) is 2.76. The number of nitrogens with one attached hydrogen (secondary N) is 1. The highest BCUT2D eigenvalue weighted by Gasteiger charge is 2.15. The molecule has 0 radical (unpaired) electrons. The number of non-ortho nitro benzene ring substituents is 1. The van der Waals surface area contributed by atoms with Gasteiger partial charge in [-0.05, 0) is 42.0 Å². The number of ether oxygens (including phenoxy) is 2. The van der Waals surface area contributed by atoms with Crippen LogP contribution < -0.4 is 14.8 Å². The third-order valence-electron chi connectivity index (χ3n) is 4.21. The second-order valence-corrected chi connectivity index (χ2v) is 6.20. The molecule has 0 aliphatic heterocycles. The van der Waals surface area contributed by atoms with E-state index in [-0.39, 0.29) is 12.3 Å². The average Bonchev–Trinajstić information content (AvgIpc) is 2.77. The van der Waals surface area contributed by atoms with Crippen molar-refractivity contribution in [2.45, 2.75) is 0 Å². The number of carbonyl (C=O) groups is 1. The number of benzene rings is 3. The number of hydrogen-bond acceptors (Lipinski definition) is 6. The van der Waals surface area contributed by atoms with Crippen LogP contribution in [0.5, 0.6) is 11.5 Å². The van der Waals surface area contributed by atoms with Gasteiger partial charge in [-0.1, -0.05) is 18.2 Å². The van der Waals surface area contributed by atoms with Crippen molar-refractivity contribution in [2.75, 3.05) is 19.0 Å². The van der Waals surface area contributed by atoms with Gasteiger partial charge in [0.1, 0.15) is 11.5 Å². The summed E-state index contributed by atoms with van der Waals surface area (Å²) < 4.78 is 10.8. The van der Waals surface area contributed by atoms with Gasteiger partial charge in [0, 0.05) is 23.4 Å². The Labute approximate surface area is 172 Å². The van der Waals surface area contributed by atoms with Gasteiger partial charge < -0.3 is 14.8 Å². The van der Waals surface area contributed by atoms with Gasteiger partial charge in [0.15, 0.2) is 6.61 Å². The Balaban J connectivity index is 1.79. The first-order valence-corrected chi connectivity index (χ1v) is 8.86. The number of hydrogen-bond donors (Lipinski definition) is 1. The Bertz CT molecular complexity index is 1120. The molecule has 0 spiro atoms. The lowest BCUT2D eigenvalue weighted by molar-refractivity contribution is -0.384. The van der Waals surface area contributed by atoms with Gasteiger partial charge in [0.05, 0.1) is 23.7 Å². The zero-order chi connectivity index (χ0) is 21.5. The van der Waals surface area contributed by atoms with Gasteiger partial charge in [0.2, 0.25) is 0 Å². The maximum absolute atomic E-state index is 12.2. The van der Waals surface area contributed by atoms with Crippen molar-refractivity contribution in [1.29, 1.82) is 5.26 Å². The summed E-state index contributed by atoms with van der Waals surface area (Å²) in [5.74, 6) is 0.543. The van der Waals surface area contributed by atoms with Crippen LogP contribution >= 0.6 is 0 Å². The van der Waals surface area contributed by atoms with E-state index in [9.17, 15) is 14.9 Å². The number of nitrogens with zero attached hydrogens (tertiary/aromatic N) is 2. The molecule has 0 bridgehead atoms. The molecule has 0 aliphatic carbocycles. The van der Waals surface area contributed by atoms with Crippen LogP contribution in [-0.2, 0) is 4.79 Å². The molecule has 3 aromatic rings. The fourth-order valence-electron chi connectivity index (χ4n) is 2.76. The smallest absolute Gasteiger partial charge is 0.270 e. The topological polar surface area (TPSA) is 114 Å².